The fraction of sp³-hybridized carbons (Fsp3) is 0.235. The lowest BCUT2D eigenvalue weighted by Gasteiger charge is -2.19. The third kappa shape index (κ3) is 3.06. The number of rotatable bonds is 4. The van der Waals surface area contributed by atoms with Crippen molar-refractivity contribution >= 4 is 11.6 Å². The van der Waals surface area contributed by atoms with Crippen LogP contribution in [0.3, 0.4) is 0 Å². The third-order valence-electron chi connectivity index (χ3n) is 3.91. The number of para-hydroxylation sites is 1. The van der Waals surface area contributed by atoms with Crippen molar-refractivity contribution in [2.45, 2.75) is 19.4 Å². The van der Waals surface area contributed by atoms with Gasteiger partial charge in [-0.3, -0.25) is 10.2 Å². The van der Waals surface area contributed by atoms with E-state index in [1.54, 1.807) is 0 Å². The van der Waals surface area contributed by atoms with E-state index in [2.05, 4.69) is 46.7 Å². The Bertz CT molecular complexity index is 637. The van der Waals surface area contributed by atoms with Crippen LogP contribution in [-0.2, 0) is 24.2 Å². The molecular formula is C17H19N3O. The Morgan fingerprint density at radius 3 is 2.57 bits per heavy atom. The van der Waals surface area contributed by atoms with Crippen LogP contribution in [0, 0.1) is 0 Å². The second kappa shape index (κ2) is 5.97. The van der Waals surface area contributed by atoms with Gasteiger partial charge in [-0.1, -0.05) is 42.5 Å². The topological polar surface area (TPSA) is 58.4 Å². The Balaban J connectivity index is 1.68. The monoisotopic (exact) mass is 281 g/mol. The molecule has 0 spiro atoms. The fourth-order valence-electron chi connectivity index (χ4n) is 2.79. The average Bonchev–Trinajstić information content (AvgIpc) is 2.92. The highest BCUT2D eigenvalue weighted by Crippen LogP contribution is 2.28. The fourth-order valence-corrected chi connectivity index (χ4v) is 2.79. The molecule has 3 N–H and O–H groups in total. The minimum atomic E-state index is -0.170. The predicted octanol–water partition coefficient (Wildman–Crippen LogP) is 1.78. The number of nitrogens with one attached hydrogen (secondary N) is 1. The van der Waals surface area contributed by atoms with Crippen molar-refractivity contribution in [3.05, 3.63) is 65.2 Å². The zero-order valence-electron chi connectivity index (χ0n) is 11.9. The van der Waals surface area contributed by atoms with Gasteiger partial charge in [-0.2, -0.15) is 0 Å². The van der Waals surface area contributed by atoms with Crippen molar-refractivity contribution in [2.24, 2.45) is 5.84 Å². The molecule has 0 radical (unpaired) electrons. The van der Waals surface area contributed by atoms with Gasteiger partial charge in [0, 0.05) is 18.8 Å². The van der Waals surface area contributed by atoms with Crippen molar-refractivity contribution in [1.82, 2.24) is 5.43 Å². The molecule has 0 saturated carbocycles. The quantitative estimate of drug-likeness (QED) is 0.510. The molecule has 0 aromatic heterocycles. The van der Waals surface area contributed by atoms with E-state index in [1.165, 1.54) is 16.8 Å². The summed E-state index contributed by atoms with van der Waals surface area (Å²) in [7, 11) is 0. The van der Waals surface area contributed by atoms with Gasteiger partial charge in [0.2, 0.25) is 5.91 Å². The van der Waals surface area contributed by atoms with Crippen LogP contribution in [0.15, 0.2) is 48.5 Å². The van der Waals surface area contributed by atoms with Crippen LogP contribution in [0.1, 0.15) is 16.7 Å². The maximum atomic E-state index is 11.2. The molecule has 3 rings (SSSR count). The zero-order valence-corrected chi connectivity index (χ0v) is 11.9. The zero-order chi connectivity index (χ0) is 14.7. The number of hydrazine groups is 1. The average molecular weight is 281 g/mol. The maximum Gasteiger partial charge on any atom is 0.238 e. The molecule has 1 aliphatic heterocycles. The molecule has 1 aliphatic rings. The van der Waals surface area contributed by atoms with Crippen molar-refractivity contribution in [3.8, 4) is 0 Å². The number of hydrogen-bond donors (Lipinski definition) is 2. The Hall–Kier alpha value is -2.33. The number of carbonyl (C=O) groups excluding carboxylic acids is 1. The Labute approximate surface area is 124 Å². The number of anilines is 1. The summed E-state index contributed by atoms with van der Waals surface area (Å²) in [6.07, 6.45) is 1.44. The van der Waals surface area contributed by atoms with E-state index < -0.39 is 0 Å². The largest absolute Gasteiger partial charge is 0.367 e. The van der Waals surface area contributed by atoms with Gasteiger partial charge in [0.1, 0.15) is 0 Å². The summed E-state index contributed by atoms with van der Waals surface area (Å²) in [5.41, 5.74) is 7.14. The molecule has 0 unspecified atom stereocenters. The van der Waals surface area contributed by atoms with E-state index >= 15 is 0 Å². The molecule has 1 heterocycles. The summed E-state index contributed by atoms with van der Waals surface area (Å²) < 4.78 is 0. The first-order valence-electron chi connectivity index (χ1n) is 7.16. The second-order valence-corrected chi connectivity index (χ2v) is 5.36. The van der Waals surface area contributed by atoms with Gasteiger partial charge in [0.15, 0.2) is 0 Å². The number of hydrogen-bond acceptors (Lipinski definition) is 3. The summed E-state index contributed by atoms with van der Waals surface area (Å²) in [6.45, 7) is 1.97. The molecule has 4 heteroatoms. The van der Waals surface area contributed by atoms with Gasteiger partial charge in [-0.05, 0) is 29.2 Å². The van der Waals surface area contributed by atoms with Crippen LogP contribution in [0.4, 0.5) is 5.69 Å². The Kier molecular flexibility index (Phi) is 3.88. The molecule has 2 aromatic carbocycles. The number of benzene rings is 2. The first kappa shape index (κ1) is 13.6. The first-order chi connectivity index (χ1) is 10.3. The van der Waals surface area contributed by atoms with Gasteiger partial charge in [-0.15, -0.1) is 0 Å². The van der Waals surface area contributed by atoms with E-state index in [1.807, 2.05) is 12.1 Å². The Morgan fingerprint density at radius 2 is 1.81 bits per heavy atom. The van der Waals surface area contributed by atoms with Crippen LogP contribution in [0.2, 0.25) is 0 Å². The molecule has 0 atom stereocenters. The number of amides is 1. The van der Waals surface area contributed by atoms with Crippen LogP contribution in [-0.4, -0.2) is 12.5 Å². The summed E-state index contributed by atoms with van der Waals surface area (Å²) in [5, 5.41) is 0. The highest BCUT2D eigenvalue weighted by atomic mass is 16.2. The minimum Gasteiger partial charge on any atom is -0.367 e. The van der Waals surface area contributed by atoms with Crippen molar-refractivity contribution in [1.29, 1.82) is 0 Å². The van der Waals surface area contributed by atoms with E-state index in [0.29, 0.717) is 6.42 Å². The summed E-state index contributed by atoms with van der Waals surface area (Å²) in [6, 6.07) is 16.7. The number of carbonyl (C=O) groups is 1. The molecule has 21 heavy (non-hydrogen) atoms. The highest BCUT2D eigenvalue weighted by Gasteiger charge is 2.18. The first-order valence-corrected chi connectivity index (χ1v) is 7.16. The van der Waals surface area contributed by atoms with E-state index in [9.17, 15) is 4.79 Å². The van der Waals surface area contributed by atoms with Gasteiger partial charge < -0.3 is 4.90 Å². The molecule has 0 bridgehead atoms. The molecule has 0 saturated heterocycles. The summed E-state index contributed by atoms with van der Waals surface area (Å²) in [4.78, 5) is 13.6. The highest BCUT2D eigenvalue weighted by molar-refractivity contribution is 5.77. The normalized spacial score (nSPS) is 13.1. The Morgan fingerprint density at radius 1 is 1.10 bits per heavy atom. The predicted molar refractivity (Wildman–Crippen MR) is 83.7 cm³/mol. The van der Waals surface area contributed by atoms with E-state index in [0.717, 1.165) is 25.1 Å². The minimum absolute atomic E-state index is 0.170. The lowest BCUT2D eigenvalue weighted by Crippen LogP contribution is -2.31. The van der Waals surface area contributed by atoms with Crippen molar-refractivity contribution in [2.75, 3.05) is 11.4 Å². The molecule has 4 nitrogen and oxygen atoms in total. The van der Waals surface area contributed by atoms with E-state index in [-0.39, 0.29) is 5.91 Å². The lowest BCUT2D eigenvalue weighted by atomic mass is 10.1. The SMILES string of the molecule is NNC(=O)Cc1ccc(CN2CCc3ccccc32)cc1. The lowest BCUT2D eigenvalue weighted by molar-refractivity contribution is -0.120. The maximum absolute atomic E-state index is 11.2. The van der Waals surface area contributed by atoms with Crippen LogP contribution in [0.25, 0.3) is 0 Å². The summed E-state index contributed by atoms with van der Waals surface area (Å²) in [5.74, 6) is 4.93. The van der Waals surface area contributed by atoms with Crippen LogP contribution >= 0.6 is 0 Å². The molecular weight excluding hydrogens is 262 g/mol. The molecule has 1 amide bonds. The van der Waals surface area contributed by atoms with Crippen molar-refractivity contribution < 1.29 is 4.79 Å². The number of fused-ring (bicyclic) bond motifs is 1. The van der Waals surface area contributed by atoms with Gasteiger partial charge >= 0.3 is 0 Å². The van der Waals surface area contributed by atoms with Crippen molar-refractivity contribution in [3.63, 3.8) is 0 Å². The van der Waals surface area contributed by atoms with Gasteiger partial charge in [-0.25, -0.2) is 5.84 Å². The smallest absolute Gasteiger partial charge is 0.238 e. The van der Waals surface area contributed by atoms with Gasteiger partial charge in [0.25, 0.3) is 0 Å². The second-order valence-electron chi connectivity index (χ2n) is 5.36. The summed E-state index contributed by atoms with van der Waals surface area (Å²) >= 11 is 0. The van der Waals surface area contributed by atoms with Crippen LogP contribution < -0.4 is 16.2 Å². The molecule has 108 valence electrons. The number of nitrogens with two attached hydrogens (primary N) is 1. The molecule has 2 aromatic rings. The third-order valence-corrected chi connectivity index (χ3v) is 3.91. The van der Waals surface area contributed by atoms with Gasteiger partial charge in [0.05, 0.1) is 6.42 Å². The molecule has 0 fully saturated rings. The van der Waals surface area contributed by atoms with E-state index in [4.69, 9.17) is 5.84 Å². The molecule has 0 aliphatic carbocycles. The number of nitrogens with zero attached hydrogens (tertiary/aromatic N) is 1. The van der Waals surface area contributed by atoms with Crippen LogP contribution in [0.5, 0.6) is 0 Å². The standard InChI is InChI=1S/C17H19N3O/c18-19-17(21)11-13-5-7-14(8-6-13)12-20-10-9-15-3-1-2-4-16(15)20/h1-8H,9-12,18H2,(H,19,21).